The van der Waals surface area contributed by atoms with E-state index in [4.69, 9.17) is 10.5 Å². The van der Waals surface area contributed by atoms with Crippen molar-refractivity contribution in [3.05, 3.63) is 23.0 Å². The highest BCUT2D eigenvalue weighted by Gasteiger charge is 2.20. The van der Waals surface area contributed by atoms with Crippen LogP contribution in [-0.4, -0.2) is 23.9 Å². The van der Waals surface area contributed by atoms with Gasteiger partial charge in [0.2, 0.25) is 5.82 Å². The number of benzene rings is 1. The number of nitrogens with two attached hydrogens (primary N) is 1. The molecular weight excluding hydrogens is 201 g/mol. The number of halogens is 1. The summed E-state index contributed by atoms with van der Waals surface area (Å²) in [4.78, 5) is 0. The summed E-state index contributed by atoms with van der Waals surface area (Å²) in [7, 11) is 1.31. The third-order valence-electron chi connectivity index (χ3n) is 2.20. The zero-order valence-electron chi connectivity index (χ0n) is 8.62. The normalized spacial score (nSPS) is 12.6. The summed E-state index contributed by atoms with van der Waals surface area (Å²) < 4.78 is 18.3. The van der Waals surface area contributed by atoms with Gasteiger partial charge < -0.3 is 20.7 Å². The van der Waals surface area contributed by atoms with Gasteiger partial charge in [-0.05, 0) is 18.6 Å². The third kappa shape index (κ3) is 2.03. The van der Waals surface area contributed by atoms with Gasteiger partial charge in [0.25, 0.3) is 0 Å². The van der Waals surface area contributed by atoms with Crippen molar-refractivity contribution in [2.75, 3.05) is 13.7 Å². The molecule has 84 valence electrons. The number of methoxy groups -OCH3 is 1. The maximum atomic E-state index is 13.5. The number of rotatable bonds is 3. The fourth-order valence-electron chi connectivity index (χ4n) is 1.41. The zero-order chi connectivity index (χ0) is 11.6. The van der Waals surface area contributed by atoms with E-state index in [1.54, 1.807) is 6.92 Å². The number of aliphatic hydroxyl groups excluding tert-OH is 1. The molecule has 0 fully saturated rings. The first kappa shape index (κ1) is 11.7. The lowest BCUT2D eigenvalue weighted by molar-refractivity contribution is 0.181. The molecule has 0 aliphatic carbocycles. The van der Waals surface area contributed by atoms with E-state index in [9.17, 15) is 14.6 Å². The van der Waals surface area contributed by atoms with Crippen LogP contribution >= 0.6 is 0 Å². The molecule has 1 unspecified atom stereocenters. The molecule has 0 saturated heterocycles. The van der Waals surface area contributed by atoms with Crippen LogP contribution in [0.2, 0.25) is 0 Å². The average molecular weight is 215 g/mol. The first-order chi connectivity index (χ1) is 7.02. The van der Waals surface area contributed by atoms with Crippen molar-refractivity contribution in [2.24, 2.45) is 5.73 Å². The minimum Gasteiger partial charge on any atom is -0.504 e. The van der Waals surface area contributed by atoms with E-state index >= 15 is 0 Å². The second-order valence-corrected chi connectivity index (χ2v) is 3.23. The molecule has 0 radical (unpaired) electrons. The van der Waals surface area contributed by atoms with Crippen molar-refractivity contribution in [2.45, 2.75) is 13.0 Å². The summed E-state index contributed by atoms with van der Waals surface area (Å²) >= 11 is 0. The topological polar surface area (TPSA) is 75.7 Å². The highest BCUT2D eigenvalue weighted by atomic mass is 19.1. The van der Waals surface area contributed by atoms with E-state index in [-0.39, 0.29) is 17.9 Å². The molecule has 1 atom stereocenters. The van der Waals surface area contributed by atoms with Crippen LogP contribution in [0.25, 0.3) is 0 Å². The first-order valence-electron chi connectivity index (χ1n) is 4.47. The van der Waals surface area contributed by atoms with E-state index in [1.165, 1.54) is 13.2 Å². The van der Waals surface area contributed by atoms with Crippen molar-refractivity contribution >= 4 is 0 Å². The molecule has 4 nitrogen and oxygen atoms in total. The molecule has 4 N–H and O–H groups in total. The van der Waals surface area contributed by atoms with Crippen molar-refractivity contribution in [3.63, 3.8) is 0 Å². The summed E-state index contributed by atoms with van der Waals surface area (Å²) in [6.45, 7) is 1.53. The summed E-state index contributed by atoms with van der Waals surface area (Å²) in [5.41, 5.74) is 5.80. The highest BCUT2D eigenvalue weighted by Crippen LogP contribution is 2.35. The van der Waals surface area contributed by atoms with Gasteiger partial charge in [0.1, 0.15) is 0 Å². The SMILES string of the molecule is COc1c(C)cc(C(O)CN)c(O)c1F. The van der Waals surface area contributed by atoms with E-state index in [0.717, 1.165) is 0 Å². The Kier molecular flexibility index (Phi) is 3.49. The third-order valence-corrected chi connectivity index (χ3v) is 2.20. The minimum atomic E-state index is -1.08. The number of aliphatic hydroxyl groups is 1. The number of phenols is 1. The first-order valence-corrected chi connectivity index (χ1v) is 4.47. The van der Waals surface area contributed by atoms with Crippen LogP contribution in [0, 0.1) is 12.7 Å². The van der Waals surface area contributed by atoms with Gasteiger partial charge >= 0.3 is 0 Å². The van der Waals surface area contributed by atoms with E-state index in [0.29, 0.717) is 5.56 Å². The Morgan fingerprint density at radius 3 is 2.67 bits per heavy atom. The molecule has 0 aliphatic heterocycles. The average Bonchev–Trinajstić information content (AvgIpc) is 2.23. The van der Waals surface area contributed by atoms with Crippen LogP contribution in [0.5, 0.6) is 11.5 Å². The molecule has 0 aromatic heterocycles. The summed E-state index contributed by atoms with van der Waals surface area (Å²) in [6.07, 6.45) is -1.08. The molecule has 1 rings (SSSR count). The number of ether oxygens (including phenoxy) is 1. The van der Waals surface area contributed by atoms with Gasteiger partial charge in [0.15, 0.2) is 11.5 Å². The number of hydrogen-bond acceptors (Lipinski definition) is 4. The predicted molar refractivity (Wildman–Crippen MR) is 53.4 cm³/mol. The molecule has 0 aliphatic rings. The molecule has 0 amide bonds. The fraction of sp³-hybridized carbons (Fsp3) is 0.400. The van der Waals surface area contributed by atoms with Gasteiger partial charge in [-0.15, -0.1) is 0 Å². The smallest absolute Gasteiger partial charge is 0.207 e. The maximum absolute atomic E-state index is 13.5. The lowest BCUT2D eigenvalue weighted by Crippen LogP contribution is -2.12. The van der Waals surface area contributed by atoms with E-state index in [2.05, 4.69) is 0 Å². The van der Waals surface area contributed by atoms with Gasteiger partial charge in [-0.1, -0.05) is 0 Å². The fourth-order valence-corrected chi connectivity index (χ4v) is 1.41. The lowest BCUT2D eigenvalue weighted by atomic mass is 10.0. The van der Waals surface area contributed by atoms with Gasteiger partial charge in [-0.3, -0.25) is 0 Å². The molecule has 1 aromatic rings. The predicted octanol–water partition coefficient (Wildman–Crippen LogP) is 0.840. The molecule has 5 heteroatoms. The van der Waals surface area contributed by atoms with E-state index < -0.39 is 17.7 Å². The van der Waals surface area contributed by atoms with Gasteiger partial charge in [0, 0.05) is 12.1 Å². The van der Waals surface area contributed by atoms with Crippen LogP contribution in [0.1, 0.15) is 17.2 Å². The van der Waals surface area contributed by atoms with Crippen LogP contribution in [0.15, 0.2) is 6.07 Å². The molecule has 1 aromatic carbocycles. The Morgan fingerprint density at radius 2 is 2.20 bits per heavy atom. The van der Waals surface area contributed by atoms with Crippen molar-refractivity contribution in [1.82, 2.24) is 0 Å². The number of hydrogen-bond donors (Lipinski definition) is 3. The standard InChI is InChI=1S/C10H14FNO3/c1-5-3-6(7(13)4-12)9(14)8(11)10(5)15-2/h3,7,13-14H,4,12H2,1-2H3. The zero-order valence-corrected chi connectivity index (χ0v) is 8.62. The number of aromatic hydroxyl groups is 1. The van der Waals surface area contributed by atoms with Gasteiger partial charge in [0.05, 0.1) is 13.2 Å². The van der Waals surface area contributed by atoms with Gasteiger partial charge in [-0.2, -0.15) is 4.39 Å². The molecule has 0 spiro atoms. The summed E-state index contributed by atoms with van der Waals surface area (Å²) in [6, 6.07) is 1.45. The molecule has 0 heterocycles. The minimum absolute atomic E-state index is 0.0273. The second kappa shape index (κ2) is 4.46. The van der Waals surface area contributed by atoms with Crippen molar-refractivity contribution < 1.29 is 19.3 Å². The van der Waals surface area contributed by atoms with Crippen LogP contribution in [0.3, 0.4) is 0 Å². The van der Waals surface area contributed by atoms with E-state index in [1.807, 2.05) is 0 Å². The van der Waals surface area contributed by atoms with Crippen LogP contribution in [0.4, 0.5) is 4.39 Å². The monoisotopic (exact) mass is 215 g/mol. The van der Waals surface area contributed by atoms with Crippen molar-refractivity contribution in [3.8, 4) is 11.5 Å². The Balaban J connectivity index is 3.33. The summed E-state index contributed by atoms with van der Waals surface area (Å²) in [5, 5.41) is 18.9. The highest BCUT2D eigenvalue weighted by molar-refractivity contribution is 5.48. The number of phenolic OH excluding ortho intramolecular Hbond substituents is 1. The van der Waals surface area contributed by atoms with Crippen LogP contribution < -0.4 is 10.5 Å². The van der Waals surface area contributed by atoms with Gasteiger partial charge in [-0.25, -0.2) is 0 Å². The number of aryl methyl sites for hydroxylation is 1. The summed E-state index contributed by atoms with van der Waals surface area (Å²) in [5.74, 6) is -1.52. The quantitative estimate of drug-likeness (QED) is 0.698. The molecular formula is C10H14FNO3. The largest absolute Gasteiger partial charge is 0.504 e. The molecule has 0 bridgehead atoms. The second-order valence-electron chi connectivity index (χ2n) is 3.23. The Labute approximate surface area is 87.1 Å². The molecule has 15 heavy (non-hydrogen) atoms. The lowest BCUT2D eigenvalue weighted by Gasteiger charge is -2.14. The Morgan fingerprint density at radius 1 is 1.60 bits per heavy atom. The van der Waals surface area contributed by atoms with Crippen LogP contribution in [-0.2, 0) is 0 Å². The Hall–Kier alpha value is -1.33. The van der Waals surface area contributed by atoms with Crippen molar-refractivity contribution in [1.29, 1.82) is 0 Å². The maximum Gasteiger partial charge on any atom is 0.207 e. The Bertz CT molecular complexity index is 368. The molecule has 0 saturated carbocycles.